The molecule has 0 fully saturated rings. The molecule has 0 bridgehead atoms. The lowest BCUT2D eigenvalue weighted by Crippen LogP contribution is -2.48. The van der Waals surface area contributed by atoms with E-state index in [4.69, 9.17) is 10.8 Å². The highest BCUT2D eigenvalue weighted by Gasteiger charge is 2.29. The van der Waals surface area contributed by atoms with Crippen LogP contribution in [0.25, 0.3) is 0 Å². The quantitative estimate of drug-likeness (QED) is 0.436. The molecule has 0 radical (unpaired) electrons. The molecule has 0 saturated heterocycles. The zero-order valence-corrected chi connectivity index (χ0v) is 8.30. The molecule has 86 valence electrons. The second kappa shape index (κ2) is 3.81. The monoisotopic (exact) mass is 225 g/mol. The Labute approximate surface area is 90.1 Å². The number of nitrogens with zero attached hydrogens (tertiary/aromatic N) is 2. The predicted octanol–water partition coefficient (Wildman–Crippen LogP) is -1.90. The smallest absolute Gasteiger partial charge is 0.278 e. The Balaban J connectivity index is 2.56. The molecule has 8 nitrogen and oxygen atoms in total. The Morgan fingerprint density at radius 1 is 1.69 bits per heavy atom. The van der Waals surface area contributed by atoms with Gasteiger partial charge in [0.25, 0.3) is 5.56 Å². The summed E-state index contributed by atoms with van der Waals surface area (Å²) in [5.41, 5.74) is 4.94. The molecular formula is C8H11N5O3. The predicted molar refractivity (Wildman–Crippen MR) is 57.2 cm³/mol. The average Bonchev–Trinajstić information content (AvgIpc) is 2.27. The van der Waals surface area contributed by atoms with Gasteiger partial charge in [-0.2, -0.15) is 4.98 Å². The highest BCUT2D eigenvalue weighted by molar-refractivity contribution is 5.84. The highest BCUT2D eigenvalue weighted by Crippen LogP contribution is 2.24. The number of carbonyl (C=O) groups excluding carboxylic acids is 1. The summed E-state index contributed by atoms with van der Waals surface area (Å²) >= 11 is 0. The Bertz CT molecular complexity index is 471. The van der Waals surface area contributed by atoms with Gasteiger partial charge in [0.15, 0.2) is 11.5 Å². The van der Waals surface area contributed by atoms with Crippen molar-refractivity contribution in [2.24, 2.45) is 0 Å². The van der Waals surface area contributed by atoms with Crippen LogP contribution in [0.4, 0.5) is 17.5 Å². The van der Waals surface area contributed by atoms with Crippen LogP contribution in [-0.2, 0) is 4.79 Å². The summed E-state index contributed by atoms with van der Waals surface area (Å²) in [5.74, 6) is 0.225. The Morgan fingerprint density at radius 2 is 2.44 bits per heavy atom. The zero-order valence-electron chi connectivity index (χ0n) is 8.30. The zero-order chi connectivity index (χ0) is 11.7. The number of amides is 1. The van der Waals surface area contributed by atoms with Crippen LogP contribution in [0.15, 0.2) is 4.79 Å². The number of fused-ring (bicyclic) bond motifs is 1. The lowest BCUT2D eigenvalue weighted by Gasteiger charge is -2.32. The summed E-state index contributed by atoms with van der Waals surface area (Å²) < 4.78 is 0. The van der Waals surface area contributed by atoms with Gasteiger partial charge in [-0.05, 0) is 0 Å². The van der Waals surface area contributed by atoms with E-state index >= 15 is 0 Å². The van der Waals surface area contributed by atoms with Crippen molar-refractivity contribution in [2.45, 2.75) is 6.04 Å². The molecule has 1 aliphatic heterocycles. The van der Waals surface area contributed by atoms with E-state index in [1.807, 2.05) is 0 Å². The van der Waals surface area contributed by atoms with E-state index in [-0.39, 0.29) is 24.1 Å². The second-order valence-electron chi connectivity index (χ2n) is 3.38. The third kappa shape index (κ3) is 1.48. The van der Waals surface area contributed by atoms with E-state index in [2.05, 4.69) is 15.3 Å². The Hall–Kier alpha value is -2.09. The van der Waals surface area contributed by atoms with E-state index in [1.54, 1.807) is 0 Å². The first-order valence-electron chi connectivity index (χ1n) is 4.65. The van der Waals surface area contributed by atoms with Crippen LogP contribution in [0, 0.1) is 0 Å². The molecule has 1 aromatic rings. The third-order valence-corrected chi connectivity index (χ3v) is 2.39. The average molecular weight is 225 g/mol. The van der Waals surface area contributed by atoms with Crippen molar-refractivity contribution in [3.63, 3.8) is 0 Å². The van der Waals surface area contributed by atoms with Crippen molar-refractivity contribution in [3.05, 3.63) is 10.4 Å². The molecule has 0 spiro atoms. The summed E-state index contributed by atoms with van der Waals surface area (Å²) in [5, 5.41) is 11.9. The number of anilines is 3. The van der Waals surface area contributed by atoms with E-state index in [1.165, 1.54) is 0 Å². The van der Waals surface area contributed by atoms with Crippen LogP contribution in [0.3, 0.4) is 0 Å². The van der Waals surface area contributed by atoms with Crippen LogP contribution in [0.5, 0.6) is 0 Å². The van der Waals surface area contributed by atoms with Gasteiger partial charge in [0, 0.05) is 6.54 Å². The molecule has 8 heteroatoms. The molecule has 0 saturated carbocycles. The van der Waals surface area contributed by atoms with Crippen LogP contribution in [-0.4, -0.2) is 40.7 Å². The molecule has 1 atom stereocenters. The number of carbonyl (C=O) groups is 1. The number of aromatic amines is 1. The lowest BCUT2D eigenvalue weighted by molar-refractivity contribution is -0.108. The second-order valence-corrected chi connectivity index (χ2v) is 3.38. The van der Waals surface area contributed by atoms with Gasteiger partial charge in [-0.1, -0.05) is 0 Å². The van der Waals surface area contributed by atoms with Gasteiger partial charge in [-0.3, -0.25) is 19.5 Å². The number of rotatable bonds is 2. The fraction of sp³-hybridized carbons (Fsp3) is 0.375. The van der Waals surface area contributed by atoms with Gasteiger partial charge in [0.1, 0.15) is 0 Å². The van der Waals surface area contributed by atoms with E-state index in [9.17, 15) is 9.59 Å². The molecule has 5 N–H and O–H groups in total. The topological polar surface area (TPSA) is 124 Å². The summed E-state index contributed by atoms with van der Waals surface area (Å²) in [7, 11) is 0. The first kappa shape index (κ1) is 10.4. The maximum atomic E-state index is 11.6. The summed E-state index contributed by atoms with van der Waals surface area (Å²) in [6, 6.07) is -0.475. The fourth-order valence-corrected chi connectivity index (χ4v) is 1.63. The molecule has 1 amide bonds. The van der Waals surface area contributed by atoms with E-state index in [0.29, 0.717) is 13.0 Å². The van der Waals surface area contributed by atoms with Gasteiger partial charge in [0.2, 0.25) is 12.4 Å². The molecule has 1 aromatic heterocycles. The highest BCUT2D eigenvalue weighted by atomic mass is 16.3. The van der Waals surface area contributed by atoms with Gasteiger partial charge in [0.05, 0.1) is 12.6 Å². The Kier molecular flexibility index (Phi) is 2.49. The molecular weight excluding hydrogens is 214 g/mol. The molecule has 2 rings (SSSR count). The fourth-order valence-electron chi connectivity index (χ4n) is 1.63. The normalized spacial score (nSPS) is 18.8. The van der Waals surface area contributed by atoms with Crippen molar-refractivity contribution >= 4 is 23.9 Å². The number of hydrogen-bond acceptors (Lipinski definition) is 6. The largest absolute Gasteiger partial charge is 0.394 e. The van der Waals surface area contributed by atoms with Crippen LogP contribution in [0.1, 0.15) is 0 Å². The van der Waals surface area contributed by atoms with E-state index in [0.717, 1.165) is 4.90 Å². The standard InChI is InChI=1S/C8H11N5O3/c9-8-11-6-5(7(16)12-8)13(3-15)4(2-14)1-10-6/h3-4,14H,1-2H2,(H4,9,10,11,12,16). The summed E-state index contributed by atoms with van der Waals surface area (Å²) in [4.78, 5) is 29.8. The van der Waals surface area contributed by atoms with E-state index < -0.39 is 11.6 Å². The van der Waals surface area contributed by atoms with Crippen molar-refractivity contribution in [1.82, 2.24) is 9.97 Å². The first-order chi connectivity index (χ1) is 7.67. The van der Waals surface area contributed by atoms with Crippen molar-refractivity contribution < 1.29 is 9.90 Å². The van der Waals surface area contributed by atoms with Gasteiger partial charge in [-0.15, -0.1) is 0 Å². The van der Waals surface area contributed by atoms with Gasteiger partial charge in [-0.25, -0.2) is 0 Å². The SMILES string of the molecule is Nc1nc2c(c(=O)[nH]1)N(C=O)C(CO)CN2. The number of nitrogens with one attached hydrogen (secondary N) is 2. The number of aliphatic hydroxyl groups excluding tert-OH is 1. The van der Waals surface area contributed by atoms with Gasteiger partial charge >= 0.3 is 0 Å². The molecule has 1 unspecified atom stereocenters. The van der Waals surface area contributed by atoms with Crippen LogP contribution >= 0.6 is 0 Å². The van der Waals surface area contributed by atoms with Crippen molar-refractivity contribution in [2.75, 3.05) is 29.1 Å². The Morgan fingerprint density at radius 3 is 3.06 bits per heavy atom. The molecule has 2 heterocycles. The van der Waals surface area contributed by atoms with Crippen LogP contribution < -0.4 is 21.5 Å². The number of nitrogens with two attached hydrogens (primary N) is 1. The number of aliphatic hydroxyl groups is 1. The minimum atomic E-state index is -0.514. The minimum absolute atomic E-state index is 0.0236. The lowest BCUT2D eigenvalue weighted by atomic mass is 10.2. The maximum Gasteiger partial charge on any atom is 0.278 e. The molecule has 0 aliphatic carbocycles. The number of hydrogen-bond donors (Lipinski definition) is 4. The van der Waals surface area contributed by atoms with Crippen LogP contribution in [0.2, 0.25) is 0 Å². The molecule has 0 aromatic carbocycles. The van der Waals surface area contributed by atoms with Crippen molar-refractivity contribution in [3.8, 4) is 0 Å². The number of aromatic nitrogens is 2. The number of H-pyrrole nitrogens is 1. The molecule has 16 heavy (non-hydrogen) atoms. The number of nitrogen functional groups attached to an aromatic ring is 1. The minimum Gasteiger partial charge on any atom is -0.394 e. The van der Waals surface area contributed by atoms with Gasteiger partial charge < -0.3 is 16.2 Å². The maximum absolute atomic E-state index is 11.6. The summed E-state index contributed by atoms with van der Waals surface area (Å²) in [6.45, 7) is 0.0765. The summed E-state index contributed by atoms with van der Waals surface area (Å²) in [6.07, 6.45) is 0.494. The third-order valence-electron chi connectivity index (χ3n) is 2.39. The van der Waals surface area contributed by atoms with Crippen molar-refractivity contribution in [1.29, 1.82) is 0 Å². The molecule has 1 aliphatic rings. The first-order valence-corrected chi connectivity index (χ1v) is 4.65.